The highest BCUT2D eigenvalue weighted by Gasteiger charge is 2.59. The smallest absolute Gasteiger partial charge is 0.315 e. The molecule has 1 aliphatic carbocycles. The Morgan fingerprint density at radius 2 is 1.75 bits per heavy atom. The van der Waals surface area contributed by atoms with Gasteiger partial charge in [0.15, 0.2) is 5.79 Å². The zero-order chi connectivity index (χ0) is 11.6. The van der Waals surface area contributed by atoms with Crippen molar-refractivity contribution in [3.05, 3.63) is 0 Å². The molecular weight excluding hydrogens is 208 g/mol. The van der Waals surface area contributed by atoms with Crippen LogP contribution in [0.1, 0.15) is 45.4 Å². The van der Waals surface area contributed by atoms with Gasteiger partial charge in [-0.1, -0.05) is 26.2 Å². The Balaban J connectivity index is 2.32. The minimum Gasteiger partial charge on any atom is -0.481 e. The first kappa shape index (κ1) is 11.9. The van der Waals surface area contributed by atoms with E-state index in [1.54, 1.807) is 0 Å². The van der Waals surface area contributed by atoms with Crippen LogP contribution in [0.2, 0.25) is 0 Å². The molecule has 0 unspecified atom stereocenters. The second-order valence-corrected chi connectivity index (χ2v) is 4.75. The molecule has 1 heterocycles. The van der Waals surface area contributed by atoms with E-state index in [1.807, 2.05) is 6.92 Å². The molecule has 1 aliphatic heterocycles. The number of hydrogen-bond acceptors (Lipinski definition) is 3. The van der Waals surface area contributed by atoms with Crippen LogP contribution < -0.4 is 0 Å². The van der Waals surface area contributed by atoms with E-state index < -0.39 is 17.2 Å². The third kappa shape index (κ3) is 1.55. The van der Waals surface area contributed by atoms with Gasteiger partial charge in [0.2, 0.25) is 0 Å². The molecule has 0 bridgehead atoms. The Morgan fingerprint density at radius 1 is 1.19 bits per heavy atom. The molecule has 0 spiro atoms. The maximum atomic E-state index is 11.7. The standard InChI is InChI=1S/C12H20O4/c1-2-12(15-8-9-16-12)11(10(13)14)6-4-3-5-7-11/h2-9H2,1H3,(H,13,14). The molecule has 1 saturated carbocycles. The number of hydrogen-bond donors (Lipinski definition) is 1. The Kier molecular flexibility index (Phi) is 3.22. The van der Waals surface area contributed by atoms with E-state index in [0.29, 0.717) is 32.5 Å². The predicted molar refractivity (Wildman–Crippen MR) is 58.1 cm³/mol. The molecule has 92 valence electrons. The lowest BCUT2D eigenvalue weighted by molar-refractivity contribution is -0.251. The third-order valence-electron chi connectivity index (χ3n) is 4.06. The third-order valence-corrected chi connectivity index (χ3v) is 4.06. The van der Waals surface area contributed by atoms with Crippen LogP contribution in [-0.4, -0.2) is 30.1 Å². The largest absolute Gasteiger partial charge is 0.481 e. The van der Waals surface area contributed by atoms with Gasteiger partial charge in [0.1, 0.15) is 5.41 Å². The van der Waals surface area contributed by atoms with Crippen molar-refractivity contribution in [3.8, 4) is 0 Å². The topological polar surface area (TPSA) is 55.8 Å². The Bertz CT molecular complexity index is 262. The molecule has 0 atom stereocenters. The van der Waals surface area contributed by atoms with Crippen molar-refractivity contribution in [1.82, 2.24) is 0 Å². The van der Waals surface area contributed by atoms with Crippen molar-refractivity contribution < 1.29 is 19.4 Å². The maximum Gasteiger partial charge on any atom is 0.315 e. The summed E-state index contributed by atoms with van der Waals surface area (Å²) in [4.78, 5) is 11.7. The van der Waals surface area contributed by atoms with Crippen LogP contribution >= 0.6 is 0 Å². The van der Waals surface area contributed by atoms with Crippen molar-refractivity contribution in [2.45, 2.75) is 51.2 Å². The Labute approximate surface area is 95.9 Å². The van der Waals surface area contributed by atoms with Crippen LogP contribution in [0.5, 0.6) is 0 Å². The summed E-state index contributed by atoms with van der Waals surface area (Å²) in [5.41, 5.74) is -0.823. The molecule has 0 aromatic heterocycles. The molecule has 2 rings (SSSR count). The fourth-order valence-corrected chi connectivity index (χ4v) is 3.19. The van der Waals surface area contributed by atoms with Crippen molar-refractivity contribution in [1.29, 1.82) is 0 Å². The first-order chi connectivity index (χ1) is 7.67. The molecule has 0 aromatic carbocycles. The van der Waals surface area contributed by atoms with Gasteiger partial charge in [-0.15, -0.1) is 0 Å². The van der Waals surface area contributed by atoms with Crippen LogP contribution in [0.15, 0.2) is 0 Å². The molecule has 0 aromatic rings. The number of carboxylic acid groups (broad SMARTS) is 1. The number of ether oxygens (including phenoxy) is 2. The maximum absolute atomic E-state index is 11.7. The lowest BCUT2D eigenvalue weighted by Crippen LogP contribution is -2.54. The average molecular weight is 228 g/mol. The number of carboxylic acids is 1. The lowest BCUT2D eigenvalue weighted by Gasteiger charge is -2.45. The molecule has 4 heteroatoms. The summed E-state index contributed by atoms with van der Waals surface area (Å²) in [6.45, 7) is 2.98. The first-order valence-electron chi connectivity index (χ1n) is 6.18. The van der Waals surface area contributed by atoms with E-state index in [-0.39, 0.29) is 0 Å². The summed E-state index contributed by atoms with van der Waals surface area (Å²) in [7, 11) is 0. The van der Waals surface area contributed by atoms with E-state index in [9.17, 15) is 9.90 Å². The van der Waals surface area contributed by atoms with Crippen molar-refractivity contribution in [3.63, 3.8) is 0 Å². The Hall–Kier alpha value is -0.610. The van der Waals surface area contributed by atoms with Crippen LogP contribution in [-0.2, 0) is 14.3 Å². The van der Waals surface area contributed by atoms with Crippen molar-refractivity contribution >= 4 is 5.97 Å². The minimum atomic E-state index is -0.876. The van der Waals surface area contributed by atoms with Crippen LogP contribution in [0, 0.1) is 5.41 Å². The molecule has 0 radical (unpaired) electrons. The first-order valence-corrected chi connectivity index (χ1v) is 6.18. The molecular formula is C12H20O4. The molecule has 1 N–H and O–H groups in total. The number of rotatable bonds is 3. The van der Waals surface area contributed by atoms with E-state index >= 15 is 0 Å². The summed E-state index contributed by atoms with van der Waals surface area (Å²) in [5.74, 6) is -1.63. The van der Waals surface area contributed by atoms with Crippen LogP contribution in [0.3, 0.4) is 0 Å². The van der Waals surface area contributed by atoms with Gasteiger partial charge in [-0.05, 0) is 19.3 Å². The predicted octanol–water partition coefficient (Wildman–Crippen LogP) is 2.17. The highest BCUT2D eigenvalue weighted by atomic mass is 16.7. The van der Waals surface area contributed by atoms with Crippen molar-refractivity contribution in [2.24, 2.45) is 5.41 Å². The van der Waals surface area contributed by atoms with E-state index in [1.165, 1.54) is 0 Å². The second kappa shape index (κ2) is 4.34. The summed E-state index contributed by atoms with van der Waals surface area (Å²) >= 11 is 0. The van der Waals surface area contributed by atoms with E-state index in [4.69, 9.17) is 9.47 Å². The van der Waals surface area contributed by atoms with Gasteiger partial charge in [0.05, 0.1) is 13.2 Å². The fraction of sp³-hybridized carbons (Fsp3) is 0.917. The quantitative estimate of drug-likeness (QED) is 0.804. The average Bonchev–Trinajstić information content (AvgIpc) is 2.80. The summed E-state index contributed by atoms with van der Waals surface area (Å²) in [6, 6.07) is 0. The molecule has 0 amide bonds. The zero-order valence-electron chi connectivity index (χ0n) is 9.83. The number of carbonyl (C=O) groups is 1. The molecule has 1 saturated heterocycles. The highest BCUT2D eigenvalue weighted by Crippen LogP contribution is 2.50. The van der Waals surface area contributed by atoms with Gasteiger partial charge >= 0.3 is 5.97 Å². The monoisotopic (exact) mass is 228 g/mol. The zero-order valence-corrected chi connectivity index (χ0v) is 9.83. The van der Waals surface area contributed by atoms with Crippen molar-refractivity contribution in [2.75, 3.05) is 13.2 Å². The molecule has 2 fully saturated rings. The molecule has 4 nitrogen and oxygen atoms in total. The SMILES string of the molecule is CCC1(C2(C(=O)O)CCCCC2)OCCO1. The van der Waals surface area contributed by atoms with Gasteiger partial charge in [-0.25, -0.2) is 0 Å². The van der Waals surface area contributed by atoms with Crippen LogP contribution in [0.4, 0.5) is 0 Å². The van der Waals surface area contributed by atoms with Gasteiger partial charge in [-0.3, -0.25) is 4.79 Å². The summed E-state index contributed by atoms with van der Waals surface area (Å²) in [5, 5.41) is 9.59. The van der Waals surface area contributed by atoms with Gasteiger partial charge < -0.3 is 14.6 Å². The minimum absolute atomic E-state index is 0.517. The molecule has 16 heavy (non-hydrogen) atoms. The highest BCUT2D eigenvalue weighted by molar-refractivity contribution is 5.76. The van der Waals surface area contributed by atoms with Gasteiger partial charge in [-0.2, -0.15) is 0 Å². The van der Waals surface area contributed by atoms with Gasteiger partial charge in [0, 0.05) is 0 Å². The Morgan fingerprint density at radius 3 is 2.19 bits per heavy atom. The lowest BCUT2D eigenvalue weighted by atomic mass is 9.67. The van der Waals surface area contributed by atoms with Crippen LogP contribution in [0.25, 0.3) is 0 Å². The fourth-order valence-electron chi connectivity index (χ4n) is 3.19. The normalized spacial score (nSPS) is 27.8. The second-order valence-electron chi connectivity index (χ2n) is 4.75. The van der Waals surface area contributed by atoms with E-state index in [2.05, 4.69) is 0 Å². The van der Waals surface area contributed by atoms with Gasteiger partial charge in [0.25, 0.3) is 0 Å². The number of aliphatic carboxylic acids is 1. The molecule has 2 aliphatic rings. The van der Waals surface area contributed by atoms with E-state index in [0.717, 1.165) is 19.3 Å². The summed E-state index contributed by atoms with van der Waals surface area (Å²) in [6.07, 6.45) is 5.00. The summed E-state index contributed by atoms with van der Waals surface area (Å²) < 4.78 is 11.4.